The second kappa shape index (κ2) is 6.17. The van der Waals surface area contributed by atoms with E-state index in [0.717, 1.165) is 11.6 Å². The van der Waals surface area contributed by atoms with Gasteiger partial charge >= 0.3 is 6.18 Å². The molecule has 1 amide bonds. The third kappa shape index (κ3) is 3.44. The van der Waals surface area contributed by atoms with Gasteiger partial charge in [0.25, 0.3) is 5.91 Å². The predicted molar refractivity (Wildman–Crippen MR) is 75.2 cm³/mol. The molecule has 2 rings (SSSR count). The minimum Gasteiger partial charge on any atom is -0.322 e. The maximum Gasteiger partial charge on any atom is 0.419 e. The normalized spacial score (nSPS) is 11.3. The molecular formula is C16H13F4NO. The largest absolute Gasteiger partial charge is 0.419 e. The molecule has 0 aliphatic carbocycles. The maximum atomic E-state index is 13.2. The van der Waals surface area contributed by atoms with Crippen LogP contribution in [0.15, 0.2) is 42.5 Å². The molecule has 0 fully saturated rings. The third-order valence-corrected chi connectivity index (χ3v) is 3.18. The van der Waals surface area contributed by atoms with Gasteiger partial charge in [-0.05, 0) is 36.2 Å². The van der Waals surface area contributed by atoms with Gasteiger partial charge in [-0.25, -0.2) is 4.39 Å². The van der Waals surface area contributed by atoms with E-state index in [4.69, 9.17) is 0 Å². The minimum atomic E-state index is -4.85. The van der Waals surface area contributed by atoms with Crippen molar-refractivity contribution in [1.29, 1.82) is 0 Å². The lowest BCUT2D eigenvalue weighted by Gasteiger charge is -2.12. The van der Waals surface area contributed by atoms with Crippen molar-refractivity contribution in [2.45, 2.75) is 19.5 Å². The van der Waals surface area contributed by atoms with Crippen molar-refractivity contribution in [3.05, 3.63) is 65.0 Å². The standard InChI is InChI=1S/C16H13F4NO/c1-2-10-5-3-4-6-14(10)21-15(22)11-7-8-13(17)12(9-11)16(18,19)20/h3-9H,2H2,1H3,(H,21,22). The van der Waals surface area contributed by atoms with E-state index < -0.39 is 23.5 Å². The number of nitrogens with one attached hydrogen (secondary N) is 1. The number of halogens is 4. The number of hydrogen-bond donors (Lipinski definition) is 1. The number of anilines is 1. The van der Waals surface area contributed by atoms with E-state index in [9.17, 15) is 22.4 Å². The van der Waals surface area contributed by atoms with E-state index in [-0.39, 0.29) is 5.56 Å². The van der Waals surface area contributed by atoms with Crippen molar-refractivity contribution in [2.24, 2.45) is 0 Å². The fourth-order valence-corrected chi connectivity index (χ4v) is 2.03. The summed E-state index contributed by atoms with van der Waals surface area (Å²) in [5.74, 6) is -2.12. The molecule has 0 aromatic heterocycles. The number of carbonyl (C=O) groups is 1. The lowest BCUT2D eigenvalue weighted by Crippen LogP contribution is -2.16. The van der Waals surface area contributed by atoms with Crippen LogP contribution < -0.4 is 5.32 Å². The van der Waals surface area contributed by atoms with Crippen molar-refractivity contribution >= 4 is 11.6 Å². The first kappa shape index (κ1) is 16.0. The highest BCUT2D eigenvalue weighted by Crippen LogP contribution is 2.32. The fraction of sp³-hybridized carbons (Fsp3) is 0.188. The van der Waals surface area contributed by atoms with Gasteiger partial charge in [-0.2, -0.15) is 13.2 Å². The van der Waals surface area contributed by atoms with E-state index in [1.807, 2.05) is 6.92 Å². The van der Waals surface area contributed by atoms with Crippen LogP contribution in [0.4, 0.5) is 23.2 Å². The first-order valence-electron chi connectivity index (χ1n) is 6.59. The van der Waals surface area contributed by atoms with Crippen LogP contribution in [0.25, 0.3) is 0 Å². The van der Waals surface area contributed by atoms with Crippen LogP contribution in [0.5, 0.6) is 0 Å². The van der Waals surface area contributed by atoms with Crippen LogP contribution in [0, 0.1) is 5.82 Å². The van der Waals surface area contributed by atoms with Gasteiger partial charge in [0.15, 0.2) is 0 Å². The molecular weight excluding hydrogens is 298 g/mol. The van der Waals surface area contributed by atoms with Crippen LogP contribution >= 0.6 is 0 Å². The highest BCUT2D eigenvalue weighted by molar-refractivity contribution is 6.04. The SMILES string of the molecule is CCc1ccccc1NC(=O)c1ccc(F)c(C(F)(F)F)c1. The highest BCUT2D eigenvalue weighted by Gasteiger charge is 2.34. The topological polar surface area (TPSA) is 29.1 Å². The second-order valence-corrected chi connectivity index (χ2v) is 4.66. The average molecular weight is 311 g/mol. The number of alkyl halides is 3. The molecule has 0 saturated carbocycles. The van der Waals surface area contributed by atoms with Crippen LogP contribution in [-0.2, 0) is 12.6 Å². The molecule has 2 aromatic rings. The van der Waals surface area contributed by atoms with Crippen molar-refractivity contribution < 1.29 is 22.4 Å². The van der Waals surface area contributed by atoms with E-state index in [1.54, 1.807) is 24.3 Å². The smallest absolute Gasteiger partial charge is 0.322 e. The van der Waals surface area contributed by atoms with Crippen molar-refractivity contribution in [2.75, 3.05) is 5.32 Å². The number of hydrogen-bond acceptors (Lipinski definition) is 1. The second-order valence-electron chi connectivity index (χ2n) is 4.66. The molecule has 0 aliphatic rings. The molecule has 0 radical (unpaired) electrons. The van der Waals surface area contributed by atoms with Gasteiger partial charge in [-0.3, -0.25) is 4.79 Å². The Bertz CT molecular complexity index is 695. The first-order chi connectivity index (χ1) is 10.3. The van der Waals surface area contributed by atoms with Gasteiger partial charge in [-0.15, -0.1) is 0 Å². The van der Waals surface area contributed by atoms with Crippen LogP contribution in [0.3, 0.4) is 0 Å². The number of rotatable bonds is 3. The summed E-state index contributed by atoms with van der Waals surface area (Å²) in [6.45, 7) is 1.89. The fourth-order valence-electron chi connectivity index (χ4n) is 2.03. The van der Waals surface area contributed by atoms with Gasteiger partial charge in [0.05, 0.1) is 5.56 Å². The maximum absolute atomic E-state index is 13.2. The molecule has 0 unspecified atom stereocenters. The number of para-hydroxylation sites is 1. The third-order valence-electron chi connectivity index (χ3n) is 3.18. The molecule has 0 saturated heterocycles. The summed E-state index contributed by atoms with van der Waals surface area (Å²) >= 11 is 0. The van der Waals surface area contributed by atoms with E-state index in [1.165, 1.54) is 0 Å². The Hall–Kier alpha value is -2.37. The summed E-state index contributed by atoms with van der Waals surface area (Å²) in [6, 6.07) is 9.15. The zero-order chi connectivity index (χ0) is 16.3. The first-order valence-corrected chi connectivity index (χ1v) is 6.59. The summed E-state index contributed by atoms with van der Waals surface area (Å²) in [6.07, 6.45) is -4.19. The molecule has 0 atom stereocenters. The van der Waals surface area contributed by atoms with E-state index >= 15 is 0 Å². The van der Waals surface area contributed by atoms with Gasteiger partial charge in [0.1, 0.15) is 5.82 Å². The molecule has 2 nitrogen and oxygen atoms in total. The van der Waals surface area contributed by atoms with Gasteiger partial charge < -0.3 is 5.32 Å². The predicted octanol–water partition coefficient (Wildman–Crippen LogP) is 4.66. The van der Waals surface area contributed by atoms with Gasteiger partial charge in [0.2, 0.25) is 0 Å². The van der Waals surface area contributed by atoms with Crippen LogP contribution in [-0.4, -0.2) is 5.91 Å². The van der Waals surface area contributed by atoms with Crippen molar-refractivity contribution in [3.63, 3.8) is 0 Å². The van der Waals surface area contributed by atoms with Crippen molar-refractivity contribution in [3.8, 4) is 0 Å². The Morgan fingerprint density at radius 2 is 1.82 bits per heavy atom. The number of benzene rings is 2. The quantitative estimate of drug-likeness (QED) is 0.821. The Kier molecular flexibility index (Phi) is 4.49. The summed E-state index contributed by atoms with van der Waals surface area (Å²) in [4.78, 5) is 12.1. The average Bonchev–Trinajstić information content (AvgIpc) is 2.47. The Balaban J connectivity index is 2.31. The summed E-state index contributed by atoms with van der Waals surface area (Å²) in [7, 11) is 0. The molecule has 6 heteroatoms. The Morgan fingerprint density at radius 1 is 1.14 bits per heavy atom. The molecule has 0 heterocycles. The molecule has 2 aromatic carbocycles. The zero-order valence-electron chi connectivity index (χ0n) is 11.7. The summed E-state index contributed by atoms with van der Waals surface area (Å²) < 4.78 is 51.2. The Morgan fingerprint density at radius 3 is 2.45 bits per heavy atom. The highest BCUT2D eigenvalue weighted by atomic mass is 19.4. The Labute approximate surface area is 124 Å². The molecule has 22 heavy (non-hydrogen) atoms. The molecule has 0 spiro atoms. The van der Waals surface area contributed by atoms with Crippen molar-refractivity contribution in [1.82, 2.24) is 0 Å². The molecule has 1 N–H and O–H groups in total. The lowest BCUT2D eigenvalue weighted by atomic mass is 10.1. The molecule has 0 bridgehead atoms. The zero-order valence-corrected chi connectivity index (χ0v) is 11.7. The molecule has 0 aliphatic heterocycles. The van der Waals surface area contributed by atoms with Crippen LogP contribution in [0.2, 0.25) is 0 Å². The number of carbonyl (C=O) groups excluding carboxylic acids is 1. The summed E-state index contributed by atoms with van der Waals surface area (Å²) in [5.41, 5.74) is -0.328. The van der Waals surface area contributed by atoms with E-state index in [2.05, 4.69) is 5.32 Å². The minimum absolute atomic E-state index is 0.250. The lowest BCUT2D eigenvalue weighted by molar-refractivity contribution is -0.140. The van der Waals surface area contributed by atoms with E-state index in [0.29, 0.717) is 24.2 Å². The van der Waals surface area contributed by atoms with Gasteiger partial charge in [0, 0.05) is 11.3 Å². The number of amides is 1. The molecule has 116 valence electrons. The van der Waals surface area contributed by atoms with Gasteiger partial charge in [-0.1, -0.05) is 25.1 Å². The monoisotopic (exact) mass is 311 g/mol. The summed E-state index contributed by atoms with van der Waals surface area (Å²) in [5, 5.41) is 2.55. The number of aryl methyl sites for hydroxylation is 1. The van der Waals surface area contributed by atoms with Crippen LogP contribution in [0.1, 0.15) is 28.4 Å².